The zero-order valence-electron chi connectivity index (χ0n) is 10.4. The van der Waals surface area contributed by atoms with Gasteiger partial charge < -0.3 is 5.11 Å². The third-order valence-corrected chi connectivity index (χ3v) is 3.38. The van der Waals surface area contributed by atoms with Gasteiger partial charge in [0.25, 0.3) is 5.69 Å². The van der Waals surface area contributed by atoms with Crippen LogP contribution in [0.1, 0.15) is 5.69 Å². The van der Waals surface area contributed by atoms with E-state index >= 15 is 0 Å². The van der Waals surface area contributed by atoms with Gasteiger partial charge in [-0.25, -0.2) is 9.78 Å². The molecule has 0 saturated carbocycles. The van der Waals surface area contributed by atoms with Crippen LogP contribution in [-0.2, 0) is 4.79 Å². The van der Waals surface area contributed by atoms with E-state index in [2.05, 4.69) is 4.98 Å². The monoisotopic (exact) mass is 301 g/mol. The molecule has 21 heavy (non-hydrogen) atoms. The molecule has 0 radical (unpaired) electrons. The smallest absolute Gasteiger partial charge is 0.346 e. The Morgan fingerprint density at radius 2 is 2.29 bits per heavy atom. The summed E-state index contributed by atoms with van der Waals surface area (Å²) in [7, 11) is 0. The van der Waals surface area contributed by atoms with Crippen molar-refractivity contribution in [3.05, 3.63) is 51.0 Å². The van der Waals surface area contributed by atoms with Crippen molar-refractivity contribution in [2.75, 3.05) is 0 Å². The summed E-state index contributed by atoms with van der Waals surface area (Å²) in [6.45, 7) is 0. The van der Waals surface area contributed by atoms with Crippen LogP contribution in [0.4, 0.5) is 5.69 Å². The molecule has 7 nitrogen and oxygen atoms in total. The zero-order valence-corrected chi connectivity index (χ0v) is 11.2. The Balaban J connectivity index is 2.37. The molecule has 1 aromatic carbocycles. The number of carbonyl (C=O) groups is 1. The molecule has 0 atom stereocenters. The lowest BCUT2D eigenvalue weighted by Crippen LogP contribution is -1.97. The highest BCUT2D eigenvalue weighted by atomic mass is 32.1. The maximum atomic E-state index is 10.7. The maximum absolute atomic E-state index is 10.7. The Kier molecular flexibility index (Phi) is 4.06. The van der Waals surface area contributed by atoms with Gasteiger partial charge in [-0.15, -0.1) is 11.3 Å². The number of thiazole rings is 1. The van der Waals surface area contributed by atoms with Gasteiger partial charge in [-0.3, -0.25) is 10.1 Å². The highest BCUT2D eigenvalue weighted by molar-refractivity contribution is 7.13. The molecular formula is C13H7N3O4S. The van der Waals surface area contributed by atoms with E-state index in [1.165, 1.54) is 23.5 Å². The summed E-state index contributed by atoms with van der Waals surface area (Å²) in [5, 5.41) is 30.3. The third-order valence-electron chi connectivity index (χ3n) is 2.47. The van der Waals surface area contributed by atoms with E-state index in [4.69, 9.17) is 10.4 Å². The minimum absolute atomic E-state index is 0.0527. The van der Waals surface area contributed by atoms with Gasteiger partial charge in [0.15, 0.2) is 0 Å². The van der Waals surface area contributed by atoms with Crippen molar-refractivity contribution in [2.45, 2.75) is 0 Å². The van der Waals surface area contributed by atoms with E-state index < -0.39 is 16.5 Å². The first-order valence-corrected chi connectivity index (χ1v) is 6.44. The van der Waals surface area contributed by atoms with Crippen LogP contribution < -0.4 is 0 Å². The fourth-order valence-corrected chi connectivity index (χ4v) is 2.30. The van der Waals surface area contributed by atoms with E-state index in [1.807, 2.05) is 0 Å². The molecule has 0 aliphatic carbocycles. The van der Waals surface area contributed by atoms with Crippen LogP contribution in [-0.4, -0.2) is 21.0 Å². The first-order valence-electron chi connectivity index (χ1n) is 5.56. The number of rotatable bonds is 4. The number of nitrogens with zero attached hydrogens (tertiary/aromatic N) is 3. The lowest BCUT2D eigenvalue weighted by molar-refractivity contribution is -0.384. The van der Waals surface area contributed by atoms with Crippen molar-refractivity contribution >= 4 is 29.1 Å². The molecule has 0 aliphatic rings. The molecule has 1 N–H and O–H groups in total. The van der Waals surface area contributed by atoms with Crippen LogP contribution in [0.5, 0.6) is 0 Å². The molecule has 0 bridgehead atoms. The van der Waals surface area contributed by atoms with E-state index in [-0.39, 0.29) is 5.69 Å². The molecule has 0 aliphatic heterocycles. The van der Waals surface area contributed by atoms with E-state index in [1.54, 1.807) is 23.6 Å². The van der Waals surface area contributed by atoms with Crippen molar-refractivity contribution in [3.8, 4) is 16.6 Å². The standard InChI is InChI=1S/C13H7N3O4S/c14-6-9(13(17)18)4-10-7-21-12(15-10)8-2-1-3-11(5-8)16(19)20/h1-5,7H,(H,17,18)/b9-4-. The number of nitriles is 1. The van der Waals surface area contributed by atoms with Crippen LogP contribution in [0, 0.1) is 21.4 Å². The molecular weight excluding hydrogens is 294 g/mol. The molecule has 0 saturated heterocycles. The van der Waals surface area contributed by atoms with Gasteiger partial charge in [-0.1, -0.05) is 12.1 Å². The Labute approximate surface area is 122 Å². The largest absolute Gasteiger partial charge is 0.477 e. The topological polar surface area (TPSA) is 117 Å². The molecule has 2 aromatic rings. The molecule has 8 heteroatoms. The summed E-state index contributed by atoms with van der Waals surface area (Å²) in [5.74, 6) is -1.33. The SMILES string of the molecule is N#C/C(=C/c1csc(-c2cccc([N+](=O)[O-])c2)n1)C(=O)O. The summed E-state index contributed by atoms with van der Waals surface area (Å²) in [5.41, 5.74) is 0.400. The summed E-state index contributed by atoms with van der Waals surface area (Å²) in [6.07, 6.45) is 1.15. The van der Waals surface area contributed by atoms with E-state index in [9.17, 15) is 14.9 Å². The fourth-order valence-electron chi connectivity index (χ4n) is 1.53. The van der Waals surface area contributed by atoms with Gasteiger partial charge in [-0.2, -0.15) is 5.26 Å². The zero-order chi connectivity index (χ0) is 15.4. The van der Waals surface area contributed by atoms with E-state index in [0.29, 0.717) is 16.3 Å². The molecule has 0 amide bonds. The summed E-state index contributed by atoms with van der Waals surface area (Å²) >= 11 is 1.21. The normalized spacial score (nSPS) is 10.9. The minimum Gasteiger partial charge on any atom is -0.477 e. The predicted octanol–water partition coefficient (Wildman–Crippen LogP) is 2.71. The lowest BCUT2D eigenvalue weighted by Gasteiger charge is -1.96. The van der Waals surface area contributed by atoms with Gasteiger partial charge in [-0.05, 0) is 6.08 Å². The molecule has 0 unspecified atom stereocenters. The van der Waals surface area contributed by atoms with Gasteiger partial charge in [0.1, 0.15) is 16.6 Å². The maximum Gasteiger partial charge on any atom is 0.346 e. The summed E-state index contributed by atoms with van der Waals surface area (Å²) in [6, 6.07) is 7.53. The molecule has 0 fully saturated rings. The second-order valence-electron chi connectivity index (χ2n) is 3.86. The van der Waals surface area contributed by atoms with Crippen LogP contribution in [0.15, 0.2) is 35.2 Å². The quantitative estimate of drug-likeness (QED) is 0.401. The Morgan fingerprint density at radius 3 is 2.90 bits per heavy atom. The third kappa shape index (κ3) is 3.29. The average molecular weight is 301 g/mol. The number of carboxylic acids is 1. The number of hydrogen-bond donors (Lipinski definition) is 1. The van der Waals surface area contributed by atoms with Crippen molar-refractivity contribution in [1.29, 1.82) is 5.26 Å². The number of aliphatic carboxylic acids is 1. The van der Waals surface area contributed by atoms with Gasteiger partial charge in [0.2, 0.25) is 0 Å². The van der Waals surface area contributed by atoms with Crippen molar-refractivity contribution in [3.63, 3.8) is 0 Å². The second-order valence-corrected chi connectivity index (χ2v) is 4.72. The molecule has 104 valence electrons. The highest BCUT2D eigenvalue weighted by Crippen LogP contribution is 2.27. The van der Waals surface area contributed by atoms with Crippen molar-refractivity contribution in [2.24, 2.45) is 0 Å². The van der Waals surface area contributed by atoms with Gasteiger partial charge in [0, 0.05) is 23.1 Å². The summed E-state index contributed by atoms with van der Waals surface area (Å²) in [4.78, 5) is 25.1. The minimum atomic E-state index is -1.33. The number of nitro benzene ring substituents is 1. The predicted molar refractivity (Wildman–Crippen MR) is 75.4 cm³/mol. The number of non-ortho nitro benzene ring substituents is 1. The molecule has 1 heterocycles. The average Bonchev–Trinajstić information content (AvgIpc) is 2.93. The molecule has 0 spiro atoms. The first-order chi connectivity index (χ1) is 10.0. The van der Waals surface area contributed by atoms with E-state index in [0.717, 1.165) is 6.08 Å². The highest BCUT2D eigenvalue weighted by Gasteiger charge is 2.11. The number of benzene rings is 1. The van der Waals surface area contributed by atoms with Crippen molar-refractivity contribution < 1.29 is 14.8 Å². The Bertz CT molecular complexity index is 789. The van der Waals surface area contributed by atoms with Gasteiger partial charge >= 0.3 is 5.97 Å². The number of aromatic nitrogens is 1. The van der Waals surface area contributed by atoms with Crippen LogP contribution in [0.2, 0.25) is 0 Å². The number of nitro groups is 1. The number of hydrogen-bond acceptors (Lipinski definition) is 6. The molecule has 2 rings (SSSR count). The summed E-state index contributed by atoms with van der Waals surface area (Å²) < 4.78 is 0. The van der Waals surface area contributed by atoms with Crippen LogP contribution in [0.3, 0.4) is 0 Å². The van der Waals surface area contributed by atoms with Crippen LogP contribution >= 0.6 is 11.3 Å². The van der Waals surface area contributed by atoms with Crippen LogP contribution in [0.25, 0.3) is 16.6 Å². The Morgan fingerprint density at radius 1 is 1.52 bits per heavy atom. The lowest BCUT2D eigenvalue weighted by atomic mass is 10.2. The Hall–Kier alpha value is -3.05. The fraction of sp³-hybridized carbons (Fsp3) is 0. The molecule has 1 aromatic heterocycles. The van der Waals surface area contributed by atoms with Gasteiger partial charge in [0.05, 0.1) is 10.6 Å². The first kappa shape index (κ1) is 14.4. The second kappa shape index (κ2) is 5.94. The number of carboxylic acid groups (broad SMARTS) is 1. The van der Waals surface area contributed by atoms with Crippen molar-refractivity contribution in [1.82, 2.24) is 4.98 Å².